The fourth-order valence-corrected chi connectivity index (χ4v) is 1.27. The second-order valence-corrected chi connectivity index (χ2v) is 3.27. The highest BCUT2D eigenvalue weighted by atomic mass is 16.3. The minimum absolute atomic E-state index is 0.284. The van der Waals surface area contributed by atoms with Gasteiger partial charge in [-0.3, -0.25) is 4.48 Å². The van der Waals surface area contributed by atoms with Gasteiger partial charge >= 0.3 is 0 Å². The highest BCUT2D eigenvalue weighted by Gasteiger charge is 2.28. The monoisotopic (exact) mass is 155 g/mol. The molecule has 1 aliphatic rings. The van der Waals surface area contributed by atoms with E-state index in [2.05, 4.69) is 4.99 Å². The fraction of sp³-hybridized carbons (Fsp3) is 0.625. The SMILES string of the molecule is CC1=NC=C[N+]1(C)CC(C)O. The van der Waals surface area contributed by atoms with Crippen LogP contribution in [0.1, 0.15) is 13.8 Å². The Morgan fingerprint density at radius 2 is 2.36 bits per heavy atom. The highest BCUT2D eigenvalue weighted by molar-refractivity contribution is 5.75. The Kier molecular flexibility index (Phi) is 2.11. The van der Waals surface area contributed by atoms with Gasteiger partial charge in [-0.25, -0.2) is 4.99 Å². The number of hydrogen-bond acceptors (Lipinski definition) is 2. The molecule has 0 aromatic heterocycles. The molecule has 11 heavy (non-hydrogen) atoms. The minimum Gasteiger partial charge on any atom is -0.388 e. The molecule has 0 amide bonds. The minimum atomic E-state index is -0.284. The van der Waals surface area contributed by atoms with Gasteiger partial charge in [0.25, 0.3) is 0 Å². The van der Waals surface area contributed by atoms with Crippen LogP contribution in [0.3, 0.4) is 0 Å². The Morgan fingerprint density at radius 1 is 1.73 bits per heavy atom. The van der Waals surface area contributed by atoms with Crippen LogP contribution in [-0.2, 0) is 0 Å². The summed E-state index contributed by atoms with van der Waals surface area (Å²) in [6.07, 6.45) is 3.49. The summed E-state index contributed by atoms with van der Waals surface area (Å²) in [5.74, 6) is 1.03. The van der Waals surface area contributed by atoms with Gasteiger partial charge in [0.15, 0.2) is 0 Å². The Bertz CT molecular complexity index is 208. The van der Waals surface area contributed by atoms with Crippen molar-refractivity contribution in [2.45, 2.75) is 20.0 Å². The average molecular weight is 155 g/mol. The number of aliphatic imine (C=N–C) groups is 1. The van der Waals surface area contributed by atoms with Crippen molar-refractivity contribution in [2.75, 3.05) is 13.6 Å². The average Bonchev–Trinajstić information content (AvgIpc) is 2.11. The first-order valence-corrected chi connectivity index (χ1v) is 3.80. The van der Waals surface area contributed by atoms with Crippen LogP contribution in [0.25, 0.3) is 0 Å². The maximum absolute atomic E-state index is 9.19. The number of nitrogens with zero attached hydrogens (tertiary/aromatic N) is 2. The van der Waals surface area contributed by atoms with E-state index in [1.165, 1.54) is 0 Å². The van der Waals surface area contributed by atoms with Gasteiger partial charge in [0.05, 0.1) is 13.2 Å². The lowest BCUT2D eigenvalue weighted by Gasteiger charge is -2.26. The third-order valence-electron chi connectivity index (χ3n) is 2.04. The van der Waals surface area contributed by atoms with Crippen molar-refractivity contribution in [3.8, 4) is 0 Å². The van der Waals surface area contributed by atoms with Crippen LogP contribution >= 0.6 is 0 Å². The molecule has 1 rings (SSSR count). The van der Waals surface area contributed by atoms with Crippen molar-refractivity contribution >= 4 is 5.84 Å². The van der Waals surface area contributed by atoms with Crippen molar-refractivity contribution in [3.63, 3.8) is 0 Å². The van der Waals surface area contributed by atoms with E-state index in [9.17, 15) is 5.11 Å². The Labute approximate surface area is 67.3 Å². The van der Waals surface area contributed by atoms with Crippen LogP contribution < -0.4 is 0 Å². The molecule has 0 aliphatic carbocycles. The van der Waals surface area contributed by atoms with E-state index in [1.807, 2.05) is 20.2 Å². The third kappa shape index (κ3) is 1.67. The Morgan fingerprint density at radius 3 is 2.73 bits per heavy atom. The molecule has 1 N–H and O–H groups in total. The topological polar surface area (TPSA) is 32.6 Å². The molecule has 0 bridgehead atoms. The zero-order valence-corrected chi connectivity index (χ0v) is 7.28. The lowest BCUT2D eigenvalue weighted by atomic mass is 10.3. The molecule has 62 valence electrons. The molecule has 0 saturated carbocycles. The number of quaternary nitrogens is 1. The number of aliphatic hydroxyl groups is 1. The maximum Gasteiger partial charge on any atom is 0.204 e. The maximum atomic E-state index is 9.19. The number of rotatable bonds is 2. The molecule has 0 spiro atoms. The summed E-state index contributed by atoms with van der Waals surface area (Å²) in [5, 5.41) is 9.19. The summed E-state index contributed by atoms with van der Waals surface area (Å²) >= 11 is 0. The molecule has 1 heterocycles. The van der Waals surface area contributed by atoms with Crippen LogP contribution in [-0.4, -0.2) is 35.1 Å². The standard InChI is InChI=1S/C8H15N2O/c1-7(11)6-10(3)5-4-9-8(10)2/h4-5,7,11H,6H2,1-3H3/q+1. The van der Waals surface area contributed by atoms with Crippen LogP contribution in [0.4, 0.5) is 0 Å². The van der Waals surface area contributed by atoms with Crippen LogP contribution in [0.15, 0.2) is 17.4 Å². The second kappa shape index (κ2) is 2.75. The number of aliphatic hydroxyl groups excluding tert-OH is 1. The first kappa shape index (κ1) is 8.43. The predicted molar refractivity (Wildman–Crippen MR) is 45.0 cm³/mol. The van der Waals surface area contributed by atoms with Crippen molar-refractivity contribution in [2.24, 2.45) is 4.99 Å². The van der Waals surface area contributed by atoms with Gasteiger partial charge in [0.1, 0.15) is 18.8 Å². The smallest absolute Gasteiger partial charge is 0.204 e. The van der Waals surface area contributed by atoms with Gasteiger partial charge in [-0.15, -0.1) is 0 Å². The lowest BCUT2D eigenvalue weighted by Crippen LogP contribution is -2.45. The Hall–Kier alpha value is -0.670. The number of likely N-dealkylation sites (N-methyl/N-ethyl adjacent to an activating group) is 1. The molecular weight excluding hydrogens is 140 g/mol. The van der Waals surface area contributed by atoms with Gasteiger partial charge in [0, 0.05) is 6.92 Å². The summed E-state index contributed by atoms with van der Waals surface area (Å²) in [7, 11) is 2.04. The van der Waals surface area contributed by atoms with Crippen molar-refractivity contribution < 1.29 is 9.59 Å². The van der Waals surface area contributed by atoms with Gasteiger partial charge in [-0.2, -0.15) is 0 Å². The number of amidine groups is 1. The molecule has 0 aromatic rings. The molecule has 1 aliphatic heterocycles. The Balaban J connectivity index is 2.68. The molecule has 2 unspecified atom stereocenters. The molecule has 0 aromatic carbocycles. The summed E-state index contributed by atoms with van der Waals surface area (Å²) < 4.78 is 0.637. The highest BCUT2D eigenvalue weighted by Crippen LogP contribution is 2.13. The normalized spacial score (nSPS) is 32.2. The molecule has 0 fully saturated rings. The second-order valence-electron chi connectivity index (χ2n) is 3.27. The van der Waals surface area contributed by atoms with E-state index in [4.69, 9.17) is 0 Å². The summed E-state index contributed by atoms with van der Waals surface area (Å²) in [5.41, 5.74) is 0. The number of hydrogen-bond donors (Lipinski definition) is 1. The van der Waals surface area contributed by atoms with Gasteiger partial charge in [-0.05, 0) is 6.92 Å². The van der Waals surface area contributed by atoms with Gasteiger partial charge in [0.2, 0.25) is 5.84 Å². The summed E-state index contributed by atoms with van der Waals surface area (Å²) in [6, 6.07) is 0. The van der Waals surface area contributed by atoms with E-state index >= 15 is 0 Å². The molecule has 0 saturated heterocycles. The van der Waals surface area contributed by atoms with E-state index < -0.39 is 0 Å². The molecule has 3 heteroatoms. The first-order chi connectivity index (χ1) is 5.04. The van der Waals surface area contributed by atoms with Crippen molar-refractivity contribution in [1.29, 1.82) is 0 Å². The van der Waals surface area contributed by atoms with E-state index in [1.54, 1.807) is 13.1 Å². The zero-order valence-electron chi connectivity index (χ0n) is 7.28. The van der Waals surface area contributed by atoms with E-state index in [0.717, 1.165) is 5.84 Å². The van der Waals surface area contributed by atoms with Crippen LogP contribution in [0.2, 0.25) is 0 Å². The van der Waals surface area contributed by atoms with Crippen LogP contribution in [0.5, 0.6) is 0 Å². The van der Waals surface area contributed by atoms with E-state index in [0.29, 0.717) is 11.0 Å². The van der Waals surface area contributed by atoms with Gasteiger partial charge in [-0.1, -0.05) is 0 Å². The molecular formula is C8H15N2O+. The molecule has 3 nitrogen and oxygen atoms in total. The van der Waals surface area contributed by atoms with Crippen molar-refractivity contribution in [3.05, 3.63) is 12.4 Å². The lowest BCUT2D eigenvalue weighted by molar-refractivity contribution is -0.768. The summed E-state index contributed by atoms with van der Waals surface area (Å²) in [4.78, 5) is 4.14. The largest absolute Gasteiger partial charge is 0.388 e. The predicted octanol–water partition coefficient (Wildman–Crippen LogP) is 0.717. The van der Waals surface area contributed by atoms with Crippen LogP contribution in [0, 0.1) is 0 Å². The quantitative estimate of drug-likeness (QED) is 0.585. The zero-order chi connectivity index (χ0) is 8.48. The first-order valence-electron chi connectivity index (χ1n) is 3.80. The molecule has 2 atom stereocenters. The third-order valence-corrected chi connectivity index (χ3v) is 2.04. The van der Waals surface area contributed by atoms with Crippen molar-refractivity contribution in [1.82, 2.24) is 0 Å². The van der Waals surface area contributed by atoms with Gasteiger partial charge < -0.3 is 5.11 Å². The fourth-order valence-electron chi connectivity index (χ4n) is 1.27. The van der Waals surface area contributed by atoms with E-state index in [-0.39, 0.29) is 6.10 Å². The molecule has 0 radical (unpaired) electrons. The summed E-state index contributed by atoms with van der Waals surface area (Å²) in [6.45, 7) is 4.47.